The Bertz CT molecular complexity index is 280. The van der Waals surface area contributed by atoms with Gasteiger partial charge in [0.25, 0.3) is 5.56 Å². The van der Waals surface area contributed by atoms with Gasteiger partial charge >= 0.3 is 0 Å². The lowest BCUT2D eigenvalue weighted by molar-refractivity contribution is 0.166. The second-order valence-corrected chi connectivity index (χ2v) is 2.39. The van der Waals surface area contributed by atoms with Gasteiger partial charge in [0.2, 0.25) is 0 Å². The van der Waals surface area contributed by atoms with Crippen LogP contribution in [0.4, 0.5) is 0 Å². The molecule has 1 rings (SSSR count). The molecule has 0 spiro atoms. The van der Waals surface area contributed by atoms with E-state index in [2.05, 4.69) is 5.10 Å². The molecule has 0 bridgehead atoms. The first-order valence-electron chi connectivity index (χ1n) is 3.40. The van der Waals surface area contributed by atoms with E-state index in [9.17, 15) is 4.79 Å². The molecule has 0 saturated carbocycles. The fourth-order valence-electron chi connectivity index (χ4n) is 0.775. The van der Waals surface area contributed by atoms with E-state index < -0.39 is 6.10 Å². The first kappa shape index (κ1) is 7.94. The molecule has 1 N–H and O–H groups in total. The first-order valence-corrected chi connectivity index (χ1v) is 3.40. The van der Waals surface area contributed by atoms with Gasteiger partial charge in [0.05, 0.1) is 12.6 Å². The smallest absolute Gasteiger partial charge is 0.266 e. The van der Waals surface area contributed by atoms with Gasteiger partial charge in [-0.15, -0.1) is 0 Å². The van der Waals surface area contributed by atoms with E-state index in [0.29, 0.717) is 0 Å². The zero-order valence-corrected chi connectivity index (χ0v) is 6.27. The van der Waals surface area contributed by atoms with E-state index in [0.717, 1.165) is 0 Å². The van der Waals surface area contributed by atoms with Crippen molar-refractivity contribution >= 4 is 0 Å². The Hall–Kier alpha value is -1.16. The van der Waals surface area contributed by atoms with Gasteiger partial charge in [-0.1, -0.05) is 0 Å². The predicted molar refractivity (Wildman–Crippen MR) is 40.2 cm³/mol. The number of rotatable bonds is 2. The van der Waals surface area contributed by atoms with Crippen molar-refractivity contribution in [3.8, 4) is 0 Å². The summed E-state index contributed by atoms with van der Waals surface area (Å²) in [4.78, 5) is 10.9. The van der Waals surface area contributed by atoms with Gasteiger partial charge in [0, 0.05) is 12.3 Å². The lowest BCUT2D eigenvalue weighted by atomic mass is 10.4. The molecule has 0 aromatic carbocycles. The number of nitrogens with zero attached hydrogens (tertiary/aromatic N) is 2. The summed E-state index contributed by atoms with van der Waals surface area (Å²) in [6, 6.07) is 2.98. The van der Waals surface area contributed by atoms with Crippen molar-refractivity contribution in [2.75, 3.05) is 0 Å². The lowest BCUT2D eigenvalue weighted by Crippen LogP contribution is -2.26. The second kappa shape index (κ2) is 3.30. The molecule has 1 atom stereocenters. The lowest BCUT2D eigenvalue weighted by Gasteiger charge is -2.04. The minimum Gasteiger partial charge on any atom is -0.391 e. The Balaban J connectivity index is 2.87. The third-order valence-electron chi connectivity index (χ3n) is 1.22. The highest BCUT2D eigenvalue weighted by molar-refractivity contribution is 4.84. The van der Waals surface area contributed by atoms with Crippen LogP contribution in [0.3, 0.4) is 0 Å². The summed E-state index contributed by atoms with van der Waals surface area (Å²) in [5, 5.41) is 12.7. The summed E-state index contributed by atoms with van der Waals surface area (Å²) in [5.41, 5.74) is -0.187. The summed E-state index contributed by atoms with van der Waals surface area (Å²) in [6.45, 7) is 1.86. The molecule has 0 unspecified atom stereocenters. The number of aliphatic hydroxyl groups is 1. The van der Waals surface area contributed by atoms with Gasteiger partial charge < -0.3 is 5.11 Å². The van der Waals surface area contributed by atoms with Crippen molar-refractivity contribution in [1.82, 2.24) is 9.78 Å². The van der Waals surface area contributed by atoms with Crippen molar-refractivity contribution in [3.63, 3.8) is 0 Å². The molecule has 0 fully saturated rings. The normalized spacial score (nSPS) is 12.9. The van der Waals surface area contributed by atoms with Crippen molar-refractivity contribution in [2.24, 2.45) is 0 Å². The van der Waals surface area contributed by atoms with Crippen molar-refractivity contribution in [1.29, 1.82) is 0 Å². The van der Waals surface area contributed by atoms with Gasteiger partial charge in [0.15, 0.2) is 0 Å². The minimum absolute atomic E-state index is 0.187. The molecule has 0 saturated heterocycles. The van der Waals surface area contributed by atoms with Crippen molar-refractivity contribution < 1.29 is 5.11 Å². The van der Waals surface area contributed by atoms with Crippen LogP contribution in [-0.2, 0) is 6.54 Å². The number of aromatic nitrogens is 2. The summed E-state index contributed by atoms with van der Waals surface area (Å²) < 4.78 is 1.23. The van der Waals surface area contributed by atoms with Crippen LogP contribution in [0.25, 0.3) is 0 Å². The number of hydrogen-bond acceptors (Lipinski definition) is 3. The molecule has 0 aliphatic carbocycles. The van der Waals surface area contributed by atoms with Crippen LogP contribution < -0.4 is 5.56 Å². The van der Waals surface area contributed by atoms with E-state index in [1.807, 2.05) is 0 Å². The molecule has 0 aliphatic rings. The van der Waals surface area contributed by atoms with Gasteiger partial charge in [-0.2, -0.15) is 5.10 Å². The first-order chi connectivity index (χ1) is 5.20. The highest BCUT2D eigenvalue weighted by Gasteiger charge is 1.98. The highest BCUT2D eigenvalue weighted by atomic mass is 16.3. The fourth-order valence-corrected chi connectivity index (χ4v) is 0.775. The Morgan fingerprint density at radius 1 is 1.82 bits per heavy atom. The van der Waals surface area contributed by atoms with E-state index in [1.165, 1.54) is 16.9 Å². The molecular formula is C7H10N2O2. The molecule has 60 valence electrons. The van der Waals surface area contributed by atoms with Gasteiger partial charge in [-0.25, -0.2) is 4.68 Å². The zero-order valence-electron chi connectivity index (χ0n) is 6.27. The Kier molecular flexibility index (Phi) is 2.38. The topological polar surface area (TPSA) is 55.1 Å². The fraction of sp³-hybridized carbons (Fsp3) is 0.429. The van der Waals surface area contributed by atoms with Crippen molar-refractivity contribution in [3.05, 3.63) is 28.7 Å². The maximum atomic E-state index is 10.9. The van der Waals surface area contributed by atoms with Crippen LogP contribution in [-0.4, -0.2) is 21.0 Å². The molecule has 4 nitrogen and oxygen atoms in total. The molecular weight excluding hydrogens is 144 g/mol. The third-order valence-corrected chi connectivity index (χ3v) is 1.22. The summed E-state index contributed by atoms with van der Waals surface area (Å²) >= 11 is 0. The summed E-state index contributed by atoms with van der Waals surface area (Å²) in [6.07, 6.45) is 0.978. The average molecular weight is 154 g/mol. The molecule has 1 aromatic rings. The monoisotopic (exact) mass is 154 g/mol. The molecule has 0 radical (unpaired) electrons. The third kappa shape index (κ3) is 2.16. The maximum Gasteiger partial charge on any atom is 0.266 e. The number of hydrogen-bond donors (Lipinski definition) is 1. The average Bonchev–Trinajstić information content (AvgIpc) is 1.93. The van der Waals surface area contributed by atoms with Crippen LogP contribution in [0, 0.1) is 0 Å². The summed E-state index contributed by atoms with van der Waals surface area (Å²) in [5.74, 6) is 0. The van der Waals surface area contributed by atoms with E-state index >= 15 is 0 Å². The maximum absolute atomic E-state index is 10.9. The number of aliphatic hydroxyl groups excluding tert-OH is 1. The Morgan fingerprint density at radius 2 is 2.55 bits per heavy atom. The van der Waals surface area contributed by atoms with Crippen LogP contribution >= 0.6 is 0 Å². The van der Waals surface area contributed by atoms with Crippen molar-refractivity contribution in [2.45, 2.75) is 19.6 Å². The standard InChI is InChI=1S/C7H10N2O2/c1-6(10)5-9-7(11)3-2-4-8-9/h2-4,6,10H,5H2,1H3/t6-/m1/s1. The minimum atomic E-state index is -0.539. The Labute approximate surface area is 64.1 Å². The van der Waals surface area contributed by atoms with Gasteiger partial charge in [-0.05, 0) is 13.0 Å². The molecule has 0 aliphatic heterocycles. The molecule has 1 aromatic heterocycles. The van der Waals surface area contributed by atoms with Gasteiger partial charge in [0.1, 0.15) is 0 Å². The zero-order chi connectivity index (χ0) is 8.27. The molecule has 11 heavy (non-hydrogen) atoms. The molecule has 4 heteroatoms. The Morgan fingerprint density at radius 3 is 3.09 bits per heavy atom. The van der Waals surface area contributed by atoms with Gasteiger partial charge in [-0.3, -0.25) is 4.79 Å². The predicted octanol–water partition coefficient (Wildman–Crippen LogP) is -0.376. The van der Waals surface area contributed by atoms with Crippen LogP contribution in [0.2, 0.25) is 0 Å². The van der Waals surface area contributed by atoms with E-state index in [4.69, 9.17) is 5.11 Å². The van der Waals surface area contributed by atoms with E-state index in [1.54, 1.807) is 13.0 Å². The van der Waals surface area contributed by atoms with Crippen LogP contribution in [0.1, 0.15) is 6.92 Å². The van der Waals surface area contributed by atoms with E-state index in [-0.39, 0.29) is 12.1 Å². The highest BCUT2D eigenvalue weighted by Crippen LogP contribution is 1.82. The SMILES string of the molecule is C[C@@H](O)Cn1ncccc1=O. The summed E-state index contributed by atoms with van der Waals surface area (Å²) in [7, 11) is 0. The second-order valence-electron chi connectivity index (χ2n) is 2.39. The quantitative estimate of drug-likeness (QED) is 0.632. The largest absolute Gasteiger partial charge is 0.391 e. The van der Waals surface area contributed by atoms with Crippen LogP contribution in [0.15, 0.2) is 23.1 Å². The molecule has 0 amide bonds. The van der Waals surface area contributed by atoms with Crippen LogP contribution in [0.5, 0.6) is 0 Å². The molecule has 1 heterocycles.